The van der Waals surface area contributed by atoms with E-state index in [2.05, 4.69) is 21.7 Å². The molecule has 0 bridgehead atoms. The van der Waals surface area contributed by atoms with Gasteiger partial charge in [0.15, 0.2) is 0 Å². The Kier molecular flexibility index (Phi) is 6.27. The molecule has 1 aromatic heterocycles. The van der Waals surface area contributed by atoms with Crippen LogP contribution in [0, 0.1) is 0 Å². The number of nitrogens with one attached hydrogen (secondary N) is 1. The number of hydrogen-bond acceptors (Lipinski definition) is 4. The monoisotopic (exact) mass is 304 g/mol. The van der Waals surface area contributed by atoms with E-state index >= 15 is 0 Å². The van der Waals surface area contributed by atoms with E-state index in [0.29, 0.717) is 6.04 Å². The molecule has 1 aliphatic rings. The summed E-state index contributed by atoms with van der Waals surface area (Å²) in [5.74, 6) is -1.24. The molecule has 2 N–H and O–H groups in total. The van der Waals surface area contributed by atoms with Gasteiger partial charge in [0, 0.05) is 6.04 Å². The number of carbonyl (C=O) groups is 2. The van der Waals surface area contributed by atoms with Crippen molar-refractivity contribution in [1.29, 1.82) is 0 Å². The first-order valence-electron chi connectivity index (χ1n) is 5.91. The fourth-order valence-electron chi connectivity index (χ4n) is 2.27. The van der Waals surface area contributed by atoms with Gasteiger partial charge in [-0.1, -0.05) is 0 Å². The summed E-state index contributed by atoms with van der Waals surface area (Å²) in [7, 11) is 0. The van der Waals surface area contributed by atoms with Crippen LogP contribution in [0.15, 0.2) is 16.8 Å². The van der Waals surface area contributed by atoms with Crippen molar-refractivity contribution in [1.82, 2.24) is 10.2 Å². The minimum absolute atomic E-state index is 0. The number of halogens is 1. The summed E-state index contributed by atoms with van der Waals surface area (Å²) in [4.78, 5) is 24.1. The first-order valence-corrected chi connectivity index (χ1v) is 6.85. The molecule has 1 aliphatic heterocycles. The van der Waals surface area contributed by atoms with Crippen LogP contribution in [-0.4, -0.2) is 41.5 Å². The number of aliphatic carboxylic acids is 1. The summed E-state index contributed by atoms with van der Waals surface area (Å²) < 4.78 is 0. The molecule has 0 aliphatic carbocycles. The molecule has 1 fully saturated rings. The zero-order chi connectivity index (χ0) is 13.0. The van der Waals surface area contributed by atoms with Crippen molar-refractivity contribution in [3.05, 3.63) is 22.4 Å². The van der Waals surface area contributed by atoms with Crippen molar-refractivity contribution in [2.45, 2.75) is 18.9 Å². The van der Waals surface area contributed by atoms with Gasteiger partial charge >= 0.3 is 5.97 Å². The predicted molar refractivity (Wildman–Crippen MR) is 75.8 cm³/mol. The van der Waals surface area contributed by atoms with Gasteiger partial charge in [-0.05, 0) is 41.8 Å². The minimum atomic E-state index is -1.01. The molecule has 1 unspecified atom stereocenters. The van der Waals surface area contributed by atoms with Crippen LogP contribution >= 0.6 is 23.7 Å². The van der Waals surface area contributed by atoms with E-state index in [4.69, 9.17) is 5.11 Å². The number of carbonyl (C=O) groups excluding carboxylic acids is 1. The molecular formula is C12H17ClN2O3S. The Labute approximate surface area is 122 Å². The topological polar surface area (TPSA) is 69.6 Å². The van der Waals surface area contributed by atoms with Gasteiger partial charge in [0.25, 0.3) is 0 Å². The summed E-state index contributed by atoms with van der Waals surface area (Å²) in [5.41, 5.74) is 1.25. The molecule has 2 rings (SSSR count). The Morgan fingerprint density at radius 2 is 2.32 bits per heavy atom. The maximum absolute atomic E-state index is 11.6. The molecule has 5 nitrogen and oxygen atoms in total. The van der Waals surface area contributed by atoms with E-state index in [1.165, 1.54) is 5.56 Å². The predicted octanol–water partition coefficient (Wildman–Crippen LogP) is 1.51. The lowest BCUT2D eigenvalue weighted by atomic mass is 10.1. The number of rotatable bonds is 5. The Balaban J connectivity index is 0.00000180. The van der Waals surface area contributed by atoms with Crippen LogP contribution in [0.25, 0.3) is 0 Å². The number of thiophene rings is 1. The highest BCUT2D eigenvalue weighted by Gasteiger charge is 2.27. The van der Waals surface area contributed by atoms with Gasteiger partial charge in [-0.2, -0.15) is 11.3 Å². The molecule has 19 heavy (non-hydrogen) atoms. The van der Waals surface area contributed by atoms with Crippen molar-refractivity contribution in [3.63, 3.8) is 0 Å². The molecule has 106 valence electrons. The summed E-state index contributed by atoms with van der Waals surface area (Å²) in [6, 6.07) is 2.38. The highest BCUT2D eigenvalue weighted by atomic mass is 35.5. The molecule has 0 saturated carbocycles. The van der Waals surface area contributed by atoms with Crippen LogP contribution in [0.2, 0.25) is 0 Å². The maximum Gasteiger partial charge on any atom is 0.322 e. The van der Waals surface area contributed by atoms with Crippen LogP contribution in [0.4, 0.5) is 0 Å². The summed E-state index contributed by atoms with van der Waals surface area (Å²) >= 11 is 1.66. The second-order valence-corrected chi connectivity index (χ2v) is 5.14. The van der Waals surface area contributed by atoms with Gasteiger partial charge < -0.3 is 10.4 Å². The number of carboxylic acid groups (broad SMARTS) is 1. The molecule has 0 aromatic carbocycles. The van der Waals surface area contributed by atoms with Crippen molar-refractivity contribution < 1.29 is 14.7 Å². The lowest BCUT2D eigenvalue weighted by molar-refractivity contribution is -0.138. The van der Waals surface area contributed by atoms with E-state index in [-0.39, 0.29) is 31.4 Å². The highest BCUT2D eigenvalue weighted by molar-refractivity contribution is 7.07. The van der Waals surface area contributed by atoms with Gasteiger partial charge in [-0.25, -0.2) is 0 Å². The van der Waals surface area contributed by atoms with Gasteiger partial charge in [-0.15, -0.1) is 12.4 Å². The van der Waals surface area contributed by atoms with Crippen molar-refractivity contribution >= 4 is 35.6 Å². The minimum Gasteiger partial charge on any atom is -0.480 e. The molecule has 1 saturated heterocycles. The second-order valence-electron chi connectivity index (χ2n) is 4.36. The molecule has 2 heterocycles. The molecule has 0 spiro atoms. The molecular weight excluding hydrogens is 288 g/mol. The number of nitrogens with zero attached hydrogens (tertiary/aromatic N) is 1. The lowest BCUT2D eigenvalue weighted by Gasteiger charge is -2.23. The van der Waals surface area contributed by atoms with Crippen LogP contribution in [0.1, 0.15) is 24.4 Å². The number of likely N-dealkylation sites (tertiary alicyclic amines) is 1. The van der Waals surface area contributed by atoms with Crippen molar-refractivity contribution in [2.24, 2.45) is 0 Å². The van der Waals surface area contributed by atoms with Gasteiger partial charge in [0.1, 0.15) is 6.54 Å². The third-order valence-corrected chi connectivity index (χ3v) is 3.78. The number of carboxylic acids is 1. The van der Waals surface area contributed by atoms with E-state index in [9.17, 15) is 9.59 Å². The number of hydrogen-bond donors (Lipinski definition) is 2. The zero-order valence-corrected chi connectivity index (χ0v) is 12.0. The smallest absolute Gasteiger partial charge is 0.322 e. The Bertz CT molecular complexity index is 425. The summed E-state index contributed by atoms with van der Waals surface area (Å²) in [6.45, 7) is 0.852. The largest absolute Gasteiger partial charge is 0.480 e. The third kappa shape index (κ3) is 4.49. The average Bonchev–Trinajstić information content (AvgIpc) is 2.95. The molecule has 1 atom stereocenters. The van der Waals surface area contributed by atoms with Gasteiger partial charge in [0.2, 0.25) is 5.91 Å². The van der Waals surface area contributed by atoms with Crippen LogP contribution in [-0.2, 0) is 9.59 Å². The molecule has 1 aromatic rings. The molecule has 1 amide bonds. The van der Waals surface area contributed by atoms with E-state index in [0.717, 1.165) is 19.4 Å². The van der Waals surface area contributed by atoms with Gasteiger partial charge in [0.05, 0.1) is 6.54 Å². The fraction of sp³-hybridized carbons (Fsp3) is 0.500. The first-order chi connectivity index (χ1) is 8.66. The summed E-state index contributed by atoms with van der Waals surface area (Å²) in [6.07, 6.45) is 2.13. The fourth-order valence-corrected chi connectivity index (χ4v) is 2.98. The van der Waals surface area contributed by atoms with Crippen LogP contribution < -0.4 is 5.32 Å². The number of amides is 1. The Morgan fingerprint density at radius 3 is 2.95 bits per heavy atom. The van der Waals surface area contributed by atoms with Gasteiger partial charge in [-0.3, -0.25) is 14.5 Å². The summed E-state index contributed by atoms with van der Waals surface area (Å²) in [5, 5.41) is 15.0. The van der Waals surface area contributed by atoms with Crippen molar-refractivity contribution in [2.75, 3.05) is 19.6 Å². The van der Waals surface area contributed by atoms with Crippen LogP contribution in [0.5, 0.6) is 0 Å². The molecule has 0 radical (unpaired) electrons. The van der Waals surface area contributed by atoms with E-state index in [1.807, 2.05) is 5.38 Å². The Morgan fingerprint density at radius 1 is 1.53 bits per heavy atom. The molecule has 7 heteroatoms. The SMILES string of the molecule is Cl.O=C(O)CNC(=O)CN1CCCC1c1ccsc1. The Hall–Kier alpha value is -1.11. The first kappa shape index (κ1) is 15.9. The lowest BCUT2D eigenvalue weighted by Crippen LogP contribution is -2.38. The van der Waals surface area contributed by atoms with E-state index < -0.39 is 5.97 Å². The second kappa shape index (κ2) is 7.47. The van der Waals surface area contributed by atoms with E-state index in [1.54, 1.807) is 11.3 Å². The third-order valence-electron chi connectivity index (χ3n) is 3.08. The maximum atomic E-state index is 11.6. The normalized spacial score (nSPS) is 18.8. The van der Waals surface area contributed by atoms with Crippen molar-refractivity contribution in [3.8, 4) is 0 Å². The standard InChI is InChI=1S/C12H16N2O3S.ClH/c15-11(13-6-12(16)17)7-14-4-1-2-10(14)9-3-5-18-8-9;/h3,5,8,10H,1-2,4,6-7H2,(H,13,15)(H,16,17);1H. The zero-order valence-electron chi connectivity index (χ0n) is 10.4. The average molecular weight is 305 g/mol. The van der Waals surface area contributed by atoms with Crippen LogP contribution in [0.3, 0.4) is 0 Å². The highest BCUT2D eigenvalue weighted by Crippen LogP contribution is 2.32. The quantitative estimate of drug-likeness (QED) is 0.865.